The smallest absolute Gasteiger partial charge is 0.337 e. The Balaban J connectivity index is 1.08. The molecule has 4 unspecified atom stereocenters. The van der Waals surface area contributed by atoms with Gasteiger partial charge in [0.05, 0.1) is 24.2 Å². The van der Waals surface area contributed by atoms with Gasteiger partial charge in [-0.1, -0.05) is 58.9 Å². The number of ether oxygens (including phenoxy) is 1. The third-order valence-electron chi connectivity index (χ3n) is 17.0. The summed E-state index contributed by atoms with van der Waals surface area (Å²) in [6, 6.07) is 11.1. The first-order valence-corrected chi connectivity index (χ1v) is 20.8. The van der Waals surface area contributed by atoms with Gasteiger partial charge in [0, 0.05) is 24.2 Å². The normalized spacial score (nSPS) is 37.3. The monoisotopic (exact) mass is 754 g/mol. The molecule has 55 heavy (non-hydrogen) atoms. The summed E-state index contributed by atoms with van der Waals surface area (Å²) >= 11 is 0. The summed E-state index contributed by atoms with van der Waals surface area (Å²) in [7, 11) is 1.26. The van der Waals surface area contributed by atoms with Crippen LogP contribution < -0.4 is 10.6 Å². The van der Waals surface area contributed by atoms with Crippen molar-refractivity contribution in [1.29, 1.82) is 0 Å². The van der Waals surface area contributed by atoms with E-state index in [9.17, 15) is 23.9 Å². The van der Waals surface area contributed by atoms with Crippen molar-refractivity contribution in [2.24, 2.45) is 56.7 Å². The fraction of sp³-hybridized carbons (Fsp3) is 0.638. The molecule has 5 aliphatic rings. The topological polar surface area (TPSA) is 105 Å². The molecule has 7 rings (SSSR count). The van der Waals surface area contributed by atoms with E-state index >= 15 is 0 Å². The highest BCUT2D eigenvalue weighted by molar-refractivity contribution is 5.94. The molecule has 0 aromatic heterocycles. The Morgan fingerprint density at radius 1 is 0.836 bits per heavy atom. The van der Waals surface area contributed by atoms with Gasteiger partial charge in [0.25, 0.3) is 5.91 Å². The number of fused-ring (bicyclic) bond motifs is 7. The molecule has 5 fully saturated rings. The molecular weight excluding hydrogens is 692 g/mol. The van der Waals surface area contributed by atoms with E-state index in [1.165, 1.54) is 43.7 Å². The molecule has 2 aromatic carbocycles. The number of methoxy groups -OCH3 is 1. The maximum atomic E-state index is 14.7. The van der Waals surface area contributed by atoms with E-state index in [0.29, 0.717) is 35.8 Å². The van der Waals surface area contributed by atoms with Crippen molar-refractivity contribution in [2.45, 2.75) is 125 Å². The number of hydrogen-bond donors (Lipinski definition) is 3. The number of amides is 2. The van der Waals surface area contributed by atoms with E-state index in [0.717, 1.165) is 56.9 Å². The van der Waals surface area contributed by atoms with Crippen LogP contribution in [-0.4, -0.2) is 36.1 Å². The third-order valence-corrected chi connectivity index (χ3v) is 17.0. The van der Waals surface area contributed by atoms with Crippen LogP contribution >= 0.6 is 0 Å². The first-order valence-electron chi connectivity index (χ1n) is 20.8. The van der Waals surface area contributed by atoms with Gasteiger partial charge in [-0.15, -0.1) is 0 Å². The molecule has 5 saturated carbocycles. The second-order valence-corrected chi connectivity index (χ2v) is 19.6. The molecule has 0 heterocycles. The van der Waals surface area contributed by atoms with Crippen LogP contribution in [0.1, 0.15) is 138 Å². The number of halogens is 1. The Hall–Kier alpha value is -3.52. The van der Waals surface area contributed by atoms with Crippen LogP contribution in [0.3, 0.4) is 0 Å². The van der Waals surface area contributed by atoms with Gasteiger partial charge in [-0.05, 0) is 158 Å². The predicted octanol–water partition coefficient (Wildman–Crippen LogP) is 9.18. The van der Waals surface area contributed by atoms with Crippen LogP contribution in [0.2, 0.25) is 0 Å². The predicted molar refractivity (Wildman–Crippen MR) is 212 cm³/mol. The van der Waals surface area contributed by atoms with Gasteiger partial charge in [-0.2, -0.15) is 0 Å². The molecular formula is C47H63FN2O5. The zero-order valence-corrected chi connectivity index (χ0v) is 34.2. The van der Waals surface area contributed by atoms with Crippen molar-refractivity contribution in [3.63, 3.8) is 0 Å². The van der Waals surface area contributed by atoms with E-state index in [-0.39, 0.29) is 63.2 Å². The molecule has 2 aromatic rings. The number of carbonyl (C=O) groups excluding carboxylic acids is 3. The fourth-order valence-electron chi connectivity index (χ4n) is 13.9. The molecule has 298 valence electrons. The quantitative estimate of drug-likeness (QED) is 0.184. The Bertz CT molecular complexity index is 1870. The Kier molecular flexibility index (Phi) is 10.2. The van der Waals surface area contributed by atoms with Gasteiger partial charge in [0.1, 0.15) is 5.82 Å². The van der Waals surface area contributed by atoms with Gasteiger partial charge in [-0.25, -0.2) is 9.18 Å². The lowest BCUT2D eigenvalue weighted by Gasteiger charge is -2.72. The molecule has 8 heteroatoms. The average Bonchev–Trinajstić information content (AvgIpc) is 3.56. The SMILES string of the molecule is C=C(C)[C@@H]1CC[C@]2(C(=O)NCc3cccc(C(=O)NCc4cc(C(=O)OC)ccc4F)c3)CC[C@]3(C)C(CCC4[C@@]5(C)CC[C@H](O)C(C)(C)C5CC[C@]43C)C12. The minimum absolute atomic E-state index is 0.0788. The van der Waals surface area contributed by atoms with Crippen molar-refractivity contribution >= 4 is 17.8 Å². The van der Waals surface area contributed by atoms with Gasteiger partial charge in [-0.3, -0.25) is 9.59 Å². The number of rotatable bonds is 8. The number of carbonyl (C=O) groups is 3. The second-order valence-electron chi connectivity index (χ2n) is 19.6. The highest BCUT2D eigenvalue weighted by atomic mass is 19.1. The van der Waals surface area contributed by atoms with Crippen molar-refractivity contribution in [2.75, 3.05) is 7.11 Å². The standard InChI is InChI=1S/C47H63FN2O5/c1-28(2)33-16-21-47(42(54)50-26-29-10-9-11-30(24-29)40(52)49-27-32-25-31(41(53)55-8)12-14-35(32)48)23-22-45(6)34(39(33)47)13-15-37-44(5)19-18-38(51)43(3,4)36(44)17-20-46(37,45)7/h9-12,14,24-25,33-34,36-39,51H,1,13,15-23,26-27H2,2-8H3,(H,49,52)(H,50,54)/t33-,34?,36?,37?,38-,39?,44-,45+,46+,47-/m0/s1. The van der Waals surface area contributed by atoms with Crippen LogP contribution in [0.25, 0.3) is 0 Å². The Morgan fingerprint density at radius 3 is 2.33 bits per heavy atom. The maximum absolute atomic E-state index is 14.7. The molecule has 5 aliphatic carbocycles. The minimum atomic E-state index is -0.577. The summed E-state index contributed by atoms with van der Waals surface area (Å²) in [5.74, 6) is 0.768. The Morgan fingerprint density at radius 2 is 1.60 bits per heavy atom. The molecule has 0 aliphatic heterocycles. The highest BCUT2D eigenvalue weighted by Gasteiger charge is 2.71. The number of hydrogen-bond acceptors (Lipinski definition) is 5. The second kappa shape index (κ2) is 14.1. The lowest BCUT2D eigenvalue weighted by Crippen LogP contribution is -2.67. The lowest BCUT2D eigenvalue weighted by molar-refractivity contribution is -0.246. The van der Waals surface area contributed by atoms with Crippen LogP contribution in [0, 0.1) is 62.5 Å². The van der Waals surface area contributed by atoms with Crippen molar-refractivity contribution in [3.8, 4) is 0 Å². The average molecular weight is 755 g/mol. The van der Waals surface area contributed by atoms with Gasteiger partial charge >= 0.3 is 5.97 Å². The number of aliphatic hydroxyl groups excluding tert-OH is 1. The van der Waals surface area contributed by atoms with Crippen LogP contribution in [-0.2, 0) is 22.6 Å². The van der Waals surface area contributed by atoms with E-state index in [4.69, 9.17) is 4.74 Å². The highest BCUT2D eigenvalue weighted by Crippen LogP contribution is 2.77. The first-order chi connectivity index (χ1) is 25.9. The largest absolute Gasteiger partial charge is 0.465 e. The molecule has 0 spiro atoms. The zero-order valence-electron chi connectivity index (χ0n) is 34.2. The van der Waals surface area contributed by atoms with Crippen LogP contribution in [0.15, 0.2) is 54.6 Å². The van der Waals surface area contributed by atoms with Crippen LogP contribution in [0.5, 0.6) is 0 Å². The number of aliphatic hydroxyl groups is 1. The molecule has 2 amide bonds. The number of benzene rings is 2. The Labute approximate surface area is 327 Å². The minimum Gasteiger partial charge on any atom is -0.465 e. The third kappa shape index (κ3) is 6.19. The van der Waals surface area contributed by atoms with Crippen molar-refractivity contribution < 1.29 is 28.6 Å². The van der Waals surface area contributed by atoms with E-state index in [1.807, 2.05) is 6.07 Å². The first kappa shape index (κ1) is 39.7. The van der Waals surface area contributed by atoms with Gasteiger partial charge in [0.15, 0.2) is 0 Å². The summed E-state index contributed by atoms with van der Waals surface area (Å²) in [4.78, 5) is 39.9. The van der Waals surface area contributed by atoms with Gasteiger partial charge < -0.3 is 20.5 Å². The summed E-state index contributed by atoms with van der Waals surface area (Å²) in [6.07, 6.45) is 10.2. The van der Waals surface area contributed by atoms with Crippen molar-refractivity contribution in [1.82, 2.24) is 10.6 Å². The maximum Gasteiger partial charge on any atom is 0.337 e. The van der Waals surface area contributed by atoms with Gasteiger partial charge in [0.2, 0.25) is 5.91 Å². The lowest BCUT2D eigenvalue weighted by atomic mass is 9.32. The molecule has 3 N–H and O–H groups in total. The molecule has 0 bridgehead atoms. The van der Waals surface area contributed by atoms with E-state index in [2.05, 4.69) is 58.8 Å². The number of allylic oxidation sites excluding steroid dienone is 1. The van der Waals surface area contributed by atoms with E-state index < -0.39 is 17.2 Å². The summed E-state index contributed by atoms with van der Waals surface area (Å²) in [5, 5.41) is 17.2. The summed E-state index contributed by atoms with van der Waals surface area (Å²) in [5.41, 5.74) is 2.78. The zero-order chi connectivity index (χ0) is 39.7. The van der Waals surface area contributed by atoms with E-state index in [1.54, 1.807) is 18.2 Å². The summed E-state index contributed by atoms with van der Waals surface area (Å²) < 4.78 is 19.3. The number of nitrogens with one attached hydrogen (secondary N) is 2. The van der Waals surface area contributed by atoms with Crippen molar-refractivity contribution in [3.05, 3.63) is 82.7 Å². The fourth-order valence-corrected chi connectivity index (χ4v) is 13.9. The number of esters is 1. The molecule has 0 radical (unpaired) electrons. The summed E-state index contributed by atoms with van der Waals surface area (Å²) in [6.45, 7) is 19.3. The molecule has 0 saturated heterocycles. The molecule has 7 nitrogen and oxygen atoms in total. The molecule has 10 atom stereocenters. The van der Waals surface area contributed by atoms with Crippen LogP contribution in [0.4, 0.5) is 4.39 Å².